The number of aryl methyl sites for hydroxylation is 2. The molecule has 2 aromatic rings. The number of aromatic nitrogens is 3. The van der Waals surface area contributed by atoms with Crippen molar-refractivity contribution in [3.8, 4) is 0 Å². The molecule has 26 heavy (non-hydrogen) atoms. The topological polar surface area (TPSA) is 84.2 Å². The molecule has 0 bridgehead atoms. The number of piperidine rings is 1. The Morgan fingerprint density at radius 3 is 2.69 bits per heavy atom. The van der Waals surface area contributed by atoms with Gasteiger partial charge in [-0.15, -0.1) is 0 Å². The molecular weight excluding hydrogens is 330 g/mol. The predicted octanol–water partition coefficient (Wildman–Crippen LogP) is 2.26. The van der Waals surface area contributed by atoms with Gasteiger partial charge in [0.1, 0.15) is 11.5 Å². The van der Waals surface area contributed by atoms with Gasteiger partial charge < -0.3 is 9.84 Å². The summed E-state index contributed by atoms with van der Waals surface area (Å²) < 4.78 is 5.28. The summed E-state index contributed by atoms with van der Waals surface area (Å²) in [4.78, 5) is 22.9. The van der Waals surface area contributed by atoms with Gasteiger partial charge in [-0.1, -0.05) is 5.16 Å². The molecule has 1 N–H and O–H groups in total. The van der Waals surface area contributed by atoms with E-state index in [1.54, 1.807) is 12.4 Å². The second-order valence-electron chi connectivity index (χ2n) is 7.60. The first-order valence-electron chi connectivity index (χ1n) is 9.28. The predicted molar refractivity (Wildman–Crippen MR) is 95.4 cm³/mol. The van der Waals surface area contributed by atoms with Gasteiger partial charge in [-0.2, -0.15) is 0 Å². The Balaban J connectivity index is 1.34. The van der Waals surface area contributed by atoms with Crippen molar-refractivity contribution in [2.45, 2.75) is 52.1 Å². The molecule has 0 unspecified atom stereocenters. The standard InChI is InChI=1S/C19H25N5O2/c1-13-15(14(2)26-23-13)12-24-9-5-19(6-10-24)4-3-17(19)22-18(25)16-11-20-7-8-21-16/h7-8,11,17H,3-6,9-10,12H2,1-2H3,(H,22,25)/t17-/m1/s1. The van der Waals surface area contributed by atoms with E-state index in [2.05, 4.69) is 25.3 Å². The number of amides is 1. The van der Waals surface area contributed by atoms with Gasteiger partial charge in [0.25, 0.3) is 5.91 Å². The van der Waals surface area contributed by atoms with Crippen molar-refractivity contribution in [1.29, 1.82) is 0 Å². The normalized spacial score (nSPS) is 22.2. The Hall–Kier alpha value is -2.28. The van der Waals surface area contributed by atoms with Gasteiger partial charge in [-0.05, 0) is 58.0 Å². The van der Waals surface area contributed by atoms with Crippen molar-refractivity contribution >= 4 is 5.91 Å². The second-order valence-corrected chi connectivity index (χ2v) is 7.60. The number of carbonyl (C=O) groups excluding carboxylic acids is 1. The minimum atomic E-state index is -0.111. The molecule has 7 heteroatoms. The van der Waals surface area contributed by atoms with E-state index < -0.39 is 0 Å². The summed E-state index contributed by atoms with van der Waals surface area (Å²) in [6.07, 6.45) is 9.12. The Morgan fingerprint density at radius 1 is 1.31 bits per heavy atom. The number of nitrogens with zero attached hydrogens (tertiary/aromatic N) is 4. The summed E-state index contributed by atoms with van der Waals surface area (Å²) >= 11 is 0. The Labute approximate surface area is 153 Å². The highest BCUT2D eigenvalue weighted by Gasteiger charge is 2.48. The van der Waals surface area contributed by atoms with E-state index in [1.165, 1.54) is 18.2 Å². The van der Waals surface area contributed by atoms with E-state index in [9.17, 15) is 4.79 Å². The van der Waals surface area contributed by atoms with Crippen LogP contribution in [0.3, 0.4) is 0 Å². The molecule has 1 aliphatic heterocycles. The molecular formula is C19H25N5O2. The summed E-state index contributed by atoms with van der Waals surface area (Å²) in [7, 11) is 0. The number of nitrogens with one attached hydrogen (secondary N) is 1. The quantitative estimate of drug-likeness (QED) is 0.906. The van der Waals surface area contributed by atoms with Crippen molar-refractivity contribution < 1.29 is 9.32 Å². The Kier molecular flexibility index (Phi) is 4.48. The lowest BCUT2D eigenvalue weighted by Crippen LogP contribution is -2.59. The fourth-order valence-electron chi connectivity index (χ4n) is 4.28. The van der Waals surface area contributed by atoms with E-state index in [1.807, 2.05) is 13.8 Å². The molecule has 1 amide bonds. The van der Waals surface area contributed by atoms with Gasteiger partial charge >= 0.3 is 0 Å². The number of hydrogen-bond donors (Lipinski definition) is 1. The smallest absolute Gasteiger partial charge is 0.271 e. The molecule has 4 rings (SSSR count). The van der Waals surface area contributed by atoms with Crippen LogP contribution in [0.4, 0.5) is 0 Å². The van der Waals surface area contributed by atoms with Gasteiger partial charge in [-0.3, -0.25) is 14.7 Å². The van der Waals surface area contributed by atoms with Gasteiger partial charge in [0.2, 0.25) is 0 Å². The highest BCUT2D eigenvalue weighted by atomic mass is 16.5. The maximum Gasteiger partial charge on any atom is 0.271 e. The number of rotatable bonds is 4. The van der Waals surface area contributed by atoms with Crippen LogP contribution in [0.2, 0.25) is 0 Å². The van der Waals surface area contributed by atoms with Crippen molar-refractivity contribution in [3.63, 3.8) is 0 Å². The van der Waals surface area contributed by atoms with Crippen LogP contribution in [-0.4, -0.2) is 45.1 Å². The lowest BCUT2D eigenvalue weighted by Gasteiger charge is -2.54. The van der Waals surface area contributed by atoms with Crippen LogP contribution in [0, 0.1) is 19.3 Å². The summed E-state index contributed by atoms with van der Waals surface area (Å²) in [5.41, 5.74) is 2.83. The van der Waals surface area contributed by atoms with E-state index in [4.69, 9.17) is 4.52 Å². The molecule has 3 heterocycles. The second kappa shape index (κ2) is 6.79. The van der Waals surface area contributed by atoms with Crippen LogP contribution < -0.4 is 5.32 Å². The summed E-state index contributed by atoms with van der Waals surface area (Å²) in [5, 5.41) is 7.24. The lowest BCUT2D eigenvalue weighted by molar-refractivity contribution is -0.00731. The number of carbonyl (C=O) groups is 1. The van der Waals surface area contributed by atoms with E-state index >= 15 is 0 Å². The molecule has 7 nitrogen and oxygen atoms in total. The zero-order valence-electron chi connectivity index (χ0n) is 15.4. The van der Waals surface area contributed by atoms with Crippen LogP contribution in [0.1, 0.15) is 53.2 Å². The third-order valence-corrected chi connectivity index (χ3v) is 6.19. The minimum Gasteiger partial charge on any atom is -0.361 e. The van der Waals surface area contributed by atoms with Gasteiger partial charge in [-0.25, -0.2) is 4.98 Å². The summed E-state index contributed by atoms with van der Waals surface area (Å²) in [5.74, 6) is 0.806. The summed E-state index contributed by atoms with van der Waals surface area (Å²) in [6.45, 7) is 6.96. The van der Waals surface area contributed by atoms with E-state index in [0.717, 1.165) is 50.4 Å². The van der Waals surface area contributed by atoms with Gasteiger partial charge in [0, 0.05) is 30.5 Å². The molecule has 138 valence electrons. The van der Waals surface area contributed by atoms with Crippen LogP contribution >= 0.6 is 0 Å². The van der Waals surface area contributed by atoms with Gasteiger partial charge in [0.15, 0.2) is 0 Å². The first-order chi connectivity index (χ1) is 12.6. The third-order valence-electron chi connectivity index (χ3n) is 6.19. The molecule has 2 fully saturated rings. The van der Waals surface area contributed by atoms with Crippen molar-refractivity contribution in [2.24, 2.45) is 5.41 Å². The zero-order valence-corrected chi connectivity index (χ0v) is 15.4. The molecule has 1 saturated heterocycles. The molecule has 2 aliphatic rings. The fraction of sp³-hybridized carbons (Fsp3) is 0.579. The molecule has 1 atom stereocenters. The SMILES string of the molecule is Cc1noc(C)c1CN1CCC2(CC[C@H]2NC(=O)c2cnccn2)CC1. The van der Waals surface area contributed by atoms with Crippen LogP contribution in [0.15, 0.2) is 23.1 Å². The molecule has 2 aromatic heterocycles. The maximum atomic E-state index is 12.4. The first-order valence-corrected chi connectivity index (χ1v) is 9.28. The van der Waals surface area contributed by atoms with E-state index in [-0.39, 0.29) is 17.4 Å². The maximum absolute atomic E-state index is 12.4. The average molecular weight is 355 g/mol. The fourth-order valence-corrected chi connectivity index (χ4v) is 4.28. The highest BCUT2D eigenvalue weighted by molar-refractivity contribution is 5.92. The van der Waals surface area contributed by atoms with Crippen LogP contribution in [-0.2, 0) is 6.54 Å². The molecule has 0 aromatic carbocycles. The monoisotopic (exact) mass is 355 g/mol. The van der Waals surface area contributed by atoms with Crippen molar-refractivity contribution in [2.75, 3.05) is 13.1 Å². The highest BCUT2D eigenvalue weighted by Crippen LogP contribution is 2.49. The van der Waals surface area contributed by atoms with Crippen LogP contribution in [0.25, 0.3) is 0 Å². The van der Waals surface area contributed by atoms with Crippen LogP contribution in [0.5, 0.6) is 0 Å². The first kappa shape index (κ1) is 17.1. The molecule has 0 radical (unpaired) electrons. The lowest BCUT2D eigenvalue weighted by atomic mass is 9.59. The number of likely N-dealkylation sites (tertiary alicyclic amines) is 1. The molecule has 1 aliphatic carbocycles. The summed E-state index contributed by atoms with van der Waals surface area (Å²) in [6, 6.07) is 0.248. The largest absolute Gasteiger partial charge is 0.361 e. The van der Waals surface area contributed by atoms with E-state index in [0.29, 0.717) is 5.69 Å². The number of hydrogen-bond acceptors (Lipinski definition) is 6. The zero-order chi connectivity index (χ0) is 18.1. The molecule has 1 spiro atoms. The van der Waals surface area contributed by atoms with Crippen molar-refractivity contribution in [1.82, 2.24) is 25.3 Å². The van der Waals surface area contributed by atoms with Gasteiger partial charge in [0.05, 0.1) is 11.9 Å². The minimum absolute atomic E-state index is 0.111. The van der Waals surface area contributed by atoms with Crippen molar-refractivity contribution in [3.05, 3.63) is 41.3 Å². The Morgan fingerprint density at radius 2 is 2.12 bits per heavy atom. The Bertz CT molecular complexity index is 761. The third kappa shape index (κ3) is 3.11. The molecule has 1 saturated carbocycles. The average Bonchev–Trinajstić information content (AvgIpc) is 2.98.